The second kappa shape index (κ2) is 5.22. The van der Waals surface area contributed by atoms with E-state index in [2.05, 4.69) is 5.32 Å². The highest BCUT2D eigenvalue weighted by Crippen LogP contribution is 2.20. The van der Waals surface area contributed by atoms with Gasteiger partial charge in [0.2, 0.25) is 5.76 Å². The van der Waals surface area contributed by atoms with E-state index >= 15 is 0 Å². The van der Waals surface area contributed by atoms with Gasteiger partial charge in [0.25, 0.3) is 0 Å². The Bertz CT molecular complexity index is 386. The molecule has 0 aliphatic heterocycles. The molecule has 0 aliphatic rings. The summed E-state index contributed by atoms with van der Waals surface area (Å²) in [7, 11) is 0. The predicted molar refractivity (Wildman–Crippen MR) is 52.8 cm³/mol. The van der Waals surface area contributed by atoms with Crippen molar-refractivity contribution in [2.75, 3.05) is 6.54 Å². The lowest BCUT2D eigenvalue weighted by Gasteiger charge is -2.12. The highest BCUT2D eigenvalue weighted by molar-refractivity contribution is 5.84. The molecule has 1 unspecified atom stereocenters. The zero-order valence-corrected chi connectivity index (χ0v) is 9.04. The summed E-state index contributed by atoms with van der Waals surface area (Å²) in [5.41, 5.74) is 0. The predicted octanol–water partition coefficient (Wildman–Crippen LogP) is 2.58. The van der Waals surface area contributed by atoms with Crippen LogP contribution in [0.15, 0.2) is 16.5 Å². The van der Waals surface area contributed by atoms with Gasteiger partial charge in [-0.2, -0.15) is 13.2 Å². The lowest BCUT2D eigenvalue weighted by Crippen LogP contribution is -2.24. The van der Waals surface area contributed by atoms with Crippen molar-refractivity contribution in [2.24, 2.45) is 0 Å². The number of alkyl halides is 3. The monoisotopic (exact) mass is 251 g/mol. The Labute approximate surface area is 95.4 Å². The highest BCUT2D eigenvalue weighted by atomic mass is 19.4. The van der Waals surface area contributed by atoms with Crippen LogP contribution in [0.1, 0.15) is 35.7 Å². The third-order valence-corrected chi connectivity index (χ3v) is 2.12. The van der Waals surface area contributed by atoms with Crippen molar-refractivity contribution in [2.45, 2.75) is 25.6 Å². The molecule has 1 aromatic heterocycles. The van der Waals surface area contributed by atoms with Crippen LogP contribution in [0.3, 0.4) is 0 Å². The molecule has 0 amide bonds. The van der Waals surface area contributed by atoms with Gasteiger partial charge >= 0.3 is 12.1 Å². The average molecular weight is 251 g/mol. The maximum atomic E-state index is 11.9. The number of rotatable bonds is 5. The zero-order chi connectivity index (χ0) is 13.1. The number of carboxylic acid groups (broad SMARTS) is 1. The number of carbonyl (C=O) groups is 1. The number of carboxylic acids is 1. The second-order valence-corrected chi connectivity index (χ2v) is 3.55. The van der Waals surface area contributed by atoms with Crippen molar-refractivity contribution in [1.82, 2.24) is 5.32 Å². The van der Waals surface area contributed by atoms with E-state index in [0.29, 0.717) is 5.76 Å². The van der Waals surface area contributed by atoms with E-state index < -0.39 is 24.6 Å². The molecule has 1 heterocycles. The van der Waals surface area contributed by atoms with Crippen molar-refractivity contribution >= 4 is 5.97 Å². The molecule has 17 heavy (non-hydrogen) atoms. The van der Waals surface area contributed by atoms with Crippen molar-refractivity contribution in [1.29, 1.82) is 0 Å². The maximum absolute atomic E-state index is 11.9. The van der Waals surface area contributed by atoms with E-state index in [4.69, 9.17) is 9.52 Å². The van der Waals surface area contributed by atoms with Crippen molar-refractivity contribution in [3.63, 3.8) is 0 Å². The minimum absolute atomic E-state index is 0.232. The van der Waals surface area contributed by atoms with Crippen LogP contribution in [0, 0.1) is 0 Å². The van der Waals surface area contributed by atoms with E-state index in [0.717, 1.165) is 0 Å². The molecule has 0 bridgehead atoms. The Hall–Kier alpha value is -1.50. The van der Waals surface area contributed by atoms with Gasteiger partial charge < -0.3 is 14.8 Å². The molecule has 0 radical (unpaired) electrons. The topological polar surface area (TPSA) is 62.5 Å². The molecule has 0 aromatic carbocycles. The van der Waals surface area contributed by atoms with Gasteiger partial charge in [-0.25, -0.2) is 4.79 Å². The lowest BCUT2D eigenvalue weighted by molar-refractivity contribution is -0.133. The molecule has 0 saturated heterocycles. The van der Waals surface area contributed by atoms with Crippen molar-refractivity contribution in [3.05, 3.63) is 23.7 Å². The van der Waals surface area contributed by atoms with Gasteiger partial charge in [0.15, 0.2) is 0 Å². The van der Waals surface area contributed by atoms with Crippen LogP contribution in [-0.4, -0.2) is 23.8 Å². The summed E-state index contributed by atoms with van der Waals surface area (Å²) in [5, 5.41) is 11.2. The van der Waals surface area contributed by atoms with Crippen LogP contribution in [0.4, 0.5) is 13.2 Å². The van der Waals surface area contributed by atoms with Gasteiger partial charge in [-0.05, 0) is 19.1 Å². The molecular formula is C10H12F3NO3. The Kier molecular flexibility index (Phi) is 4.17. The molecule has 4 nitrogen and oxygen atoms in total. The molecule has 1 atom stereocenters. The van der Waals surface area contributed by atoms with E-state index in [1.165, 1.54) is 12.1 Å². The summed E-state index contributed by atoms with van der Waals surface area (Å²) in [4.78, 5) is 10.5. The fourth-order valence-electron chi connectivity index (χ4n) is 1.23. The van der Waals surface area contributed by atoms with Crippen LogP contribution in [0.25, 0.3) is 0 Å². The normalized spacial score (nSPS) is 13.6. The Morgan fingerprint density at radius 1 is 1.53 bits per heavy atom. The third kappa shape index (κ3) is 4.48. The molecule has 1 rings (SSSR count). The number of hydrogen-bond donors (Lipinski definition) is 2. The average Bonchev–Trinajstić information content (AvgIpc) is 2.63. The first-order chi connectivity index (χ1) is 7.79. The van der Waals surface area contributed by atoms with Crippen LogP contribution < -0.4 is 5.32 Å². The number of nitrogens with one attached hydrogen (secondary N) is 1. The summed E-state index contributed by atoms with van der Waals surface area (Å²) in [6.07, 6.45) is -5.15. The molecule has 0 fully saturated rings. The van der Waals surface area contributed by atoms with E-state index in [-0.39, 0.29) is 12.3 Å². The molecular weight excluding hydrogens is 239 g/mol. The van der Waals surface area contributed by atoms with E-state index in [9.17, 15) is 18.0 Å². The Morgan fingerprint density at radius 3 is 2.65 bits per heavy atom. The quantitative estimate of drug-likeness (QED) is 0.844. The van der Waals surface area contributed by atoms with Crippen LogP contribution in [0.2, 0.25) is 0 Å². The molecule has 0 spiro atoms. The first-order valence-corrected chi connectivity index (χ1v) is 4.93. The number of hydrogen-bond acceptors (Lipinski definition) is 3. The largest absolute Gasteiger partial charge is 0.475 e. The van der Waals surface area contributed by atoms with Gasteiger partial charge in [-0.1, -0.05) is 0 Å². The number of aromatic carboxylic acids is 1. The fraction of sp³-hybridized carbons (Fsp3) is 0.500. The van der Waals surface area contributed by atoms with Gasteiger partial charge in [0.05, 0.1) is 12.5 Å². The smallest absolute Gasteiger partial charge is 0.390 e. The molecule has 1 aromatic rings. The molecule has 96 valence electrons. The molecule has 0 saturated carbocycles. The minimum Gasteiger partial charge on any atom is -0.475 e. The summed E-state index contributed by atoms with van der Waals surface area (Å²) in [6, 6.07) is 2.22. The van der Waals surface area contributed by atoms with E-state index in [1.807, 2.05) is 0 Å². The lowest BCUT2D eigenvalue weighted by atomic mass is 10.2. The third-order valence-electron chi connectivity index (χ3n) is 2.12. The van der Waals surface area contributed by atoms with Gasteiger partial charge in [0, 0.05) is 6.54 Å². The summed E-state index contributed by atoms with van der Waals surface area (Å²) in [5.74, 6) is -1.15. The number of halogens is 3. The molecule has 7 heteroatoms. The van der Waals surface area contributed by atoms with Crippen molar-refractivity contribution < 1.29 is 27.5 Å². The first kappa shape index (κ1) is 13.6. The Balaban J connectivity index is 2.46. The van der Waals surface area contributed by atoms with Crippen molar-refractivity contribution in [3.8, 4) is 0 Å². The first-order valence-electron chi connectivity index (χ1n) is 4.93. The van der Waals surface area contributed by atoms with Gasteiger partial charge in [-0.15, -0.1) is 0 Å². The molecule has 0 aliphatic carbocycles. The maximum Gasteiger partial charge on any atom is 0.390 e. The number of furan rings is 1. The fourth-order valence-corrected chi connectivity index (χ4v) is 1.23. The van der Waals surface area contributed by atoms with Crippen LogP contribution in [0.5, 0.6) is 0 Å². The zero-order valence-electron chi connectivity index (χ0n) is 9.04. The Morgan fingerprint density at radius 2 is 2.18 bits per heavy atom. The molecule has 2 N–H and O–H groups in total. The van der Waals surface area contributed by atoms with Crippen LogP contribution >= 0.6 is 0 Å². The standard InChI is InChI=1S/C10H12F3NO3/c1-6(14-5-4-10(11,12)13)7-2-3-8(17-7)9(15)16/h2-3,6,14H,4-5H2,1H3,(H,15,16). The van der Waals surface area contributed by atoms with Gasteiger partial charge in [-0.3, -0.25) is 0 Å². The van der Waals surface area contributed by atoms with Crippen LogP contribution in [-0.2, 0) is 0 Å². The highest BCUT2D eigenvalue weighted by Gasteiger charge is 2.26. The van der Waals surface area contributed by atoms with Gasteiger partial charge in [0.1, 0.15) is 5.76 Å². The second-order valence-electron chi connectivity index (χ2n) is 3.55. The van der Waals surface area contributed by atoms with E-state index in [1.54, 1.807) is 6.92 Å². The summed E-state index contributed by atoms with van der Waals surface area (Å²) >= 11 is 0. The summed E-state index contributed by atoms with van der Waals surface area (Å²) in [6.45, 7) is 1.36. The SMILES string of the molecule is CC(NCCC(F)(F)F)c1ccc(C(=O)O)o1. The summed E-state index contributed by atoms with van der Waals surface area (Å²) < 4.78 is 40.6. The minimum atomic E-state index is -4.21.